The molecule has 0 bridgehead atoms. The van der Waals surface area contributed by atoms with E-state index in [1.54, 1.807) is 0 Å². The van der Waals surface area contributed by atoms with Crippen LogP contribution in [0.25, 0.3) is 0 Å². The molecule has 0 saturated carbocycles. The van der Waals surface area contributed by atoms with Gasteiger partial charge in [-0.15, -0.1) is 0 Å². The molecule has 124 valence electrons. The van der Waals surface area contributed by atoms with Crippen molar-refractivity contribution in [1.82, 2.24) is 0 Å². The normalized spacial score (nSPS) is 13.7. The summed E-state index contributed by atoms with van der Waals surface area (Å²) >= 11 is 0. The van der Waals surface area contributed by atoms with E-state index in [1.165, 1.54) is 20.8 Å². The van der Waals surface area contributed by atoms with Gasteiger partial charge in [-0.25, -0.2) is 4.79 Å². The molecule has 0 saturated heterocycles. The van der Waals surface area contributed by atoms with Gasteiger partial charge in [-0.1, -0.05) is 0 Å². The fourth-order valence-corrected chi connectivity index (χ4v) is 3.87. The topological polar surface area (TPSA) is 168 Å². The Kier molecular flexibility index (Phi) is 6.32. The lowest BCUT2D eigenvalue weighted by Crippen LogP contribution is -2.37. The Bertz CT molecular complexity index is 459. The van der Waals surface area contributed by atoms with Gasteiger partial charge in [0.2, 0.25) is 0 Å². The first-order valence-corrected chi connectivity index (χ1v) is 8.86. The van der Waals surface area contributed by atoms with E-state index in [0.717, 1.165) is 0 Å². The van der Waals surface area contributed by atoms with E-state index in [2.05, 4.69) is 9.47 Å². The predicted octanol–water partition coefficient (Wildman–Crippen LogP) is 0.926. The molecule has 0 heterocycles. The Labute approximate surface area is 120 Å². The van der Waals surface area contributed by atoms with E-state index < -0.39 is 44.9 Å². The summed E-state index contributed by atoms with van der Waals surface area (Å²) in [5.74, 6) is 0. The van der Waals surface area contributed by atoms with Crippen molar-refractivity contribution in [3.05, 3.63) is 0 Å². The lowest BCUT2D eigenvalue weighted by molar-refractivity contribution is -0.108. The van der Waals surface area contributed by atoms with Crippen molar-refractivity contribution in [3.63, 3.8) is 0 Å². The molecular weight excluding hydrogens is 330 g/mol. The Hall–Kier alpha value is -0.760. The highest BCUT2D eigenvalue weighted by Gasteiger charge is 2.64. The van der Waals surface area contributed by atoms with Crippen LogP contribution < -0.4 is 0 Å². The quantitative estimate of drug-likeness (QED) is 0.308. The van der Waals surface area contributed by atoms with E-state index in [4.69, 9.17) is 0 Å². The smallest absolute Gasteiger partial charge is 0.429 e. The summed E-state index contributed by atoms with van der Waals surface area (Å²) in [6, 6.07) is 0. The highest BCUT2D eigenvalue weighted by molar-refractivity contribution is 7.72. The monoisotopic (exact) mass is 348 g/mol. The standard InChI is InChI=1S/C9H18O10P2/c1-8(2,3)18-7(11)19-9(5-4-6-10,20(12,13)14)21(15,16)17/h6H,4-5H2,1-3H3,(H2,12,13,14)(H2,15,16,17). The first kappa shape index (κ1) is 20.2. The number of hydrogen-bond acceptors (Lipinski definition) is 6. The van der Waals surface area contributed by atoms with E-state index in [1.807, 2.05) is 0 Å². The van der Waals surface area contributed by atoms with Crippen molar-refractivity contribution >= 4 is 27.6 Å². The molecule has 0 fully saturated rings. The molecule has 12 heteroatoms. The third kappa shape index (κ3) is 5.50. The molecule has 0 aromatic rings. The number of rotatable bonds is 6. The average molecular weight is 348 g/mol. The maximum Gasteiger partial charge on any atom is 0.510 e. The molecular formula is C9H18O10P2. The summed E-state index contributed by atoms with van der Waals surface area (Å²) < 4.78 is 31.8. The van der Waals surface area contributed by atoms with Crippen molar-refractivity contribution < 1.29 is 47.8 Å². The molecule has 0 spiro atoms. The zero-order valence-corrected chi connectivity index (χ0v) is 13.4. The second-order valence-electron chi connectivity index (χ2n) is 5.10. The molecule has 0 amide bonds. The molecule has 4 N–H and O–H groups in total. The Morgan fingerprint density at radius 1 is 1.05 bits per heavy atom. The van der Waals surface area contributed by atoms with Crippen LogP contribution >= 0.6 is 15.2 Å². The molecule has 0 atom stereocenters. The van der Waals surface area contributed by atoms with Gasteiger partial charge >= 0.3 is 26.4 Å². The first-order chi connectivity index (χ1) is 9.16. The summed E-state index contributed by atoms with van der Waals surface area (Å²) in [7, 11) is -11.2. The average Bonchev–Trinajstić information content (AvgIpc) is 2.17. The fourth-order valence-electron chi connectivity index (χ4n) is 1.28. The molecule has 10 nitrogen and oxygen atoms in total. The number of ether oxygens (including phenoxy) is 2. The van der Waals surface area contributed by atoms with Gasteiger partial charge in [-0.2, -0.15) is 0 Å². The highest BCUT2D eigenvalue weighted by Crippen LogP contribution is 2.71. The Morgan fingerprint density at radius 3 is 1.76 bits per heavy atom. The van der Waals surface area contributed by atoms with Gasteiger partial charge in [0, 0.05) is 12.8 Å². The molecule has 0 aliphatic rings. The first-order valence-electron chi connectivity index (χ1n) is 5.63. The van der Waals surface area contributed by atoms with Crippen molar-refractivity contribution in [2.75, 3.05) is 0 Å². The van der Waals surface area contributed by atoms with Crippen LogP contribution in [0.1, 0.15) is 33.6 Å². The summed E-state index contributed by atoms with van der Waals surface area (Å²) in [6.45, 7) is 4.24. The van der Waals surface area contributed by atoms with Gasteiger partial charge < -0.3 is 33.8 Å². The van der Waals surface area contributed by atoms with Gasteiger partial charge in [0.25, 0.3) is 0 Å². The SMILES string of the molecule is CC(C)(C)OC(=O)OC(CCC=O)(P(=O)(O)O)P(=O)(O)O. The minimum absolute atomic E-state index is 0.179. The lowest BCUT2D eigenvalue weighted by Gasteiger charge is -2.33. The molecule has 0 radical (unpaired) electrons. The molecule has 21 heavy (non-hydrogen) atoms. The number of carbonyl (C=O) groups excluding carboxylic acids is 2. The molecule has 0 aliphatic carbocycles. The summed E-state index contributed by atoms with van der Waals surface area (Å²) in [4.78, 5) is 58.7. The third-order valence-corrected chi connectivity index (χ3v) is 6.15. The van der Waals surface area contributed by atoms with Crippen molar-refractivity contribution in [2.24, 2.45) is 0 Å². The number of carbonyl (C=O) groups is 2. The van der Waals surface area contributed by atoms with Gasteiger partial charge in [0.15, 0.2) is 0 Å². The van der Waals surface area contributed by atoms with Crippen LogP contribution in [0.5, 0.6) is 0 Å². The van der Waals surface area contributed by atoms with Gasteiger partial charge in [-0.05, 0) is 20.8 Å². The van der Waals surface area contributed by atoms with Gasteiger partial charge in [0.1, 0.15) is 11.9 Å². The van der Waals surface area contributed by atoms with Crippen LogP contribution in [0.15, 0.2) is 0 Å². The van der Waals surface area contributed by atoms with Crippen molar-refractivity contribution in [3.8, 4) is 0 Å². The fraction of sp³-hybridized carbons (Fsp3) is 0.778. The Balaban J connectivity index is 5.70. The van der Waals surface area contributed by atoms with Crippen LogP contribution in [0.3, 0.4) is 0 Å². The van der Waals surface area contributed by atoms with E-state index in [-0.39, 0.29) is 6.29 Å². The third-order valence-electron chi connectivity index (χ3n) is 2.13. The summed E-state index contributed by atoms with van der Waals surface area (Å²) in [5.41, 5.74) is -1.11. The molecule has 0 aliphatic heterocycles. The molecule has 0 unspecified atom stereocenters. The highest BCUT2D eigenvalue weighted by atomic mass is 31.2. The van der Waals surface area contributed by atoms with E-state index in [9.17, 15) is 38.3 Å². The van der Waals surface area contributed by atoms with Gasteiger partial charge in [0.05, 0.1) is 0 Å². The minimum Gasteiger partial charge on any atom is -0.429 e. The second-order valence-corrected chi connectivity index (χ2v) is 9.08. The number of hydrogen-bond donors (Lipinski definition) is 4. The zero-order valence-electron chi connectivity index (χ0n) is 11.6. The van der Waals surface area contributed by atoms with Crippen LogP contribution in [0, 0.1) is 0 Å². The van der Waals surface area contributed by atoms with E-state index in [0.29, 0.717) is 0 Å². The number of aldehydes is 1. The maximum absolute atomic E-state index is 11.5. The van der Waals surface area contributed by atoms with Crippen LogP contribution in [0.2, 0.25) is 0 Å². The predicted molar refractivity (Wildman–Crippen MR) is 69.4 cm³/mol. The summed E-state index contributed by atoms with van der Waals surface area (Å²) in [6.07, 6.45) is -3.18. The Morgan fingerprint density at radius 2 is 1.48 bits per heavy atom. The minimum atomic E-state index is -5.62. The van der Waals surface area contributed by atoms with Crippen LogP contribution in [0.4, 0.5) is 4.79 Å². The van der Waals surface area contributed by atoms with Crippen molar-refractivity contribution in [2.45, 2.75) is 44.3 Å². The van der Waals surface area contributed by atoms with E-state index >= 15 is 0 Å². The second kappa shape index (κ2) is 6.56. The van der Waals surface area contributed by atoms with Crippen LogP contribution in [-0.2, 0) is 23.4 Å². The largest absolute Gasteiger partial charge is 0.510 e. The summed E-state index contributed by atoms with van der Waals surface area (Å²) in [5, 5.41) is -3.46. The maximum atomic E-state index is 11.5. The van der Waals surface area contributed by atoms with Crippen molar-refractivity contribution in [1.29, 1.82) is 0 Å². The molecule has 0 aromatic carbocycles. The molecule has 0 aromatic heterocycles. The zero-order chi connectivity index (χ0) is 17.1. The van der Waals surface area contributed by atoms with Crippen LogP contribution in [-0.4, -0.2) is 42.7 Å². The lowest BCUT2D eigenvalue weighted by atomic mass is 10.2. The molecule has 0 rings (SSSR count). The van der Waals surface area contributed by atoms with Gasteiger partial charge in [-0.3, -0.25) is 9.13 Å².